The summed E-state index contributed by atoms with van der Waals surface area (Å²) in [5.41, 5.74) is 2.85. The molecule has 0 radical (unpaired) electrons. The van der Waals surface area contributed by atoms with Gasteiger partial charge >= 0.3 is 0 Å². The van der Waals surface area contributed by atoms with E-state index in [0.717, 1.165) is 0 Å². The molecule has 1 aromatic rings. The summed E-state index contributed by atoms with van der Waals surface area (Å²) in [6.07, 6.45) is 0. The molecule has 0 bridgehead atoms. The van der Waals surface area contributed by atoms with Gasteiger partial charge in [0.2, 0.25) is 0 Å². The van der Waals surface area contributed by atoms with Crippen LogP contribution in [-0.2, 0) is 0 Å². The zero-order valence-corrected chi connectivity index (χ0v) is 7.14. The second-order valence-corrected chi connectivity index (χ2v) is 2.92. The molecule has 0 spiro atoms. The van der Waals surface area contributed by atoms with Crippen LogP contribution in [0.3, 0.4) is 0 Å². The Kier molecular flexibility index (Phi) is 2.01. The molecule has 0 heterocycles. The fourth-order valence-electron chi connectivity index (χ4n) is 1.10. The van der Waals surface area contributed by atoms with Gasteiger partial charge in [-0.05, 0) is 29.3 Å². The first-order chi connectivity index (χ1) is 6.36. The highest BCUT2D eigenvalue weighted by Gasteiger charge is 2.06. The average Bonchev–Trinajstić information content (AvgIpc) is 2.76. The maximum Gasteiger partial charge on any atom is 0.115 e. The first-order valence-corrected chi connectivity index (χ1v) is 4.21. The molecule has 0 fully saturated rings. The minimum absolute atomic E-state index is 0.322. The van der Waals surface area contributed by atoms with Gasteiger partial charge in [-0.1, -0.05) is 36.4 Å². The molecule has 0 saturated heterocycles. The van der Waals surface area contributed by atoms with Crippen molar-refractivity contribution in [2.75, 3.05) is 0 Å². The Morgan fingerprint density at radius 2 is 1.31 bits per heavy atom. The number of phenolic OH excluding ortho intramolecular Hbond substituents is 1. The van der Waals surface area contributed by atoms with Crippen molar-refractivity contribution in [2.45, 2.75) is 0 Å². The number of hydrogen-bond acceptors (Lipinski definition) is 1. The first-order valence-electron chi connectivity index (χ1n) is 4.21. The van der Waals surface area contributed by atoms with Crippen LogP contribution in [0.5, 0.6) is 5.75 Å². The minimum atomic E-state index is 0.322. The summed E-state index contributed by atoms with van der Waals surface area (Å²) in [6, 6.07) is 17.2. The summed E-state index contributed by atoms with van der Waals surface area (Å²) in [7, 11) is 0. The van der Waals surface area contributed by atoms with Crippen LogP contribution in [0.1, 0.15) is 0 Å². The van der Waals surface area contributed by atoms with Crippen LogP contribution < -0.4 is 0 Å². The van der Waals surface area contributed by atoms with E-state index >= 15 is 0 Å². The Balaban J connectivity index is 0.000000101. The van der Waals surface area contributed by atoms with E-state index in [-0.39, 0.29) is 0 Å². The zero-order valence-electron chi connectivity index (χ0n) is 7.14. The number of fused-ring (bicyclic) bond motifs is 1. The lowest BCUT2D eigenvalue weighted by atomic mass is 10.3. The van der Waals surface area contributed by atoms with Gasteiger partial charge in [-0.15, -0.1) is 0 Å². The minimum Gasteiger partial charge on any atom is -0.508 e. The second-order valence-electron chi connectivity index (χ2n) is 2.92. The van der Waals surface area contributed by atoms with Gasteiger partial charge in [-0.2, -0.15) is 0 Å². The summed E-state index contributed by atoms with van der Waals surface area (Å²) in [5.74, 6) is 0.322. The van der Waals surface area contributed by atoms with Crippen LogP contribution in [0.15, 0.2) is 54.6 Å². The van der Waals surface area contributed by atoms with Gasteiger partial charge in [0, 0.05) is 0 Å². The lowest BCUT2D eigenvalue weighted by Gasteiger charge is -1.82. The smallest absolute Gasteiger partial charge is 0.115 e. The molecule has 1 heteroatoms. The largest absolute Gasteiger partial charge is 0.508 e. The summed E-state index contributed by atoms with van der Waals surface area (Å²) in [4.78, 5) is 0. The monoisotopic (exact) mass is 170 g/mol. The van der Waals surface area contributed by atoms with E-state index in [2.05, 4.69) is 24.3 Å². The maximum atomic E-state index is 8.63. The molecule has 0 atom stereocenters. The maximum absolute atomic E-state index is 8.63. The number of hydrogen-bond donors (Lipinski definition) is 1. The van der Waals surface area contributed by atoms with Gasteiger partial charge < -0.3 is 5.11 Å². The Bertz CT molecular complexity index is 376. The Hall–Kier alpha value is -1.76. The summed E-state index contributed by atoms with van der Waals surface area (Å²) in [5, 5.41) is 8.63. The van der Waals surface area contributed by atoms with Crippen LogP contribution in [0, 0.1) is 0 Å². The van der Waals surface area contributed by atoms with E-state index in [4.69, 9.17) is 5.11 Å². The van der Waals surface area contributed by atoms with Crippen LogP contribution in [0.25, 0.3) is 11.1 Å². The van der Waals surface area contributed by atoms with Crippen LogP contribution in [0.4, 0.5) is 0 Å². The van der Waals surface area contributed by atoms with Crippen molar-refractivity contribution >= 4 is 0 Å². The SMILES string of the molecule is Oc1ccccc1.c1cc2cc-2c1. The molecule has 64 valence electrons. The number of benzene rings is 2. The van der Waals surface area contributed by atoms with Gasteiger partial charge in [0.15, 0.2) is 0 Å². The van der Waals surface area contributed by atoms with Gasteiger partial charge in [0.1, 0.15) is 5.75 Å². The van der Waals surface area contributed by atoms with Crippen molar-refractivity contribution in [1.29, 1.82) is 0 Å². The molecule has 13 heavy (non-hydrogen) atoms. The zero-order chi connectivity index (χ0) is 9.10. The van der Waals surface area contributed by atoms with Gasteiger partial charge in [0.25, 0.3) is 0 Å². The van der Waals surface area contributed by atoms with Crippen LogP contribution >= 0.6 is 0 Å². The van der Waals surface area contributed by atoms with Crippen LogP contribution in [-0.4, -0.2) is 5.11 Å². The molecule has 0 saturated carbocycles. The molecule has 1 N–H and O–H groups in total. The third-order valence-corrected chi connectivity index (χ3v) is 1.87. The van der Waals surface area contributed by atoms with Gasteiger partial charge in [0.05, 0.1) is 0 Å². The van der Waals surface area contributed by atoms with Gasteiger partial charge in [-0.25, -0.2) is 0 Å². The summed E-state index contributed by atoms with van der Waals surface area (Å²) < 4.78 is 0. The number of rotatable bonds is 0. The number of aromatic hydroxyl groups is 1. The van der Waals surface area contributed by atoms with Crippen molar-refractivity contribution in [1.82, 2.24) is 0 Å². The number of para-hydroxylation sites is 1. The molecule has 1 nitrogen and oxygen atoms in total. The van der Waals surface area contributed by atoms with Crippen molar-refractivity contribution in [3.05, 3.63) is 54.6 Å². The third-order valence-electron chi connectivity index (χ3n) is 1.87. The lowest BCUT2D eigenvalue weighted by Crippen LogP contribution is -1.56. The van der Waals surface area contributed by atoms with Gasteiger partial charge in [-0.3, -0.25) is 0 Å². The average molecular weight is 170 g/mol. The quantitative estimate of drug-likeness (QED) is 0.549. The standard InChI is InChI=1S/C6H6O.C6H4/c7-6-4-2-1-3-5-6;1-2-5-4-6(5)3-1/h1-5,7H;1-4H. The highest BCUT2D eigenvalue weighted by atomic mass is 16.3. The molecular formula is C12H10O. The topological polar surface area (TPSA) is 20.2 Å². The van der Waals surface area contributed by atoms with Crippen molar-refractivity contribution < 1.29 is 5.11 Å². The predicted octanol–water partition coefficient (Wildman–Crippen LogP) is 3.06. The molecule has 1 aromatic carbocycles. The van der Waals surface area contributed by atoms with E-state index in [1.807, 2.05) is 6.07 Å². The highest BCUT2D eigenvalue weighted by molar-refractivity contribution is 5.80. The predicted molar refractivity (Wildman–Crippen MR) is 53.5 cm³/mol. The van der Waals surface area contributed by atoms with E-state index in [1.165, 1.54) is 11.1 Å². The molecule has 2 aliphatic carbocycles. The second kappa shape index (κ2) is 3.31. The molecule has 0 unspecified atom stereocenters. The van der Waals surface area contributed by atoms with Crippen molar-refractivity contribution in [2.24, 2.45) is 0 Å². The first kappa shape index (κ1) is 7.87. The molecule has 0 aliphatic heterocycles. The Morgan fingerprint density at radius 1 is 0.692 bits per heavy atom. The van der Waals surface area contributed by atoms with Crippen molar-refractivity contribution in [3.8, 4) is 16.9 Å². The van der Waals surface area contributed by atoms with Crippen molar-refractivity contribution in [3.63, 3.8) is 0 Å². The lowest BCUT2D eigenvalue weighted by molar-refractivity contribution is 0.475. The van der Waals surface area contributed by atoms with E-state index in [1.54, 1.807) is 24.3 Å². The summed E-state index contributed by atoms with van der Waals surface area (Å²) >= 11 is 0. The molecule has 3 rings (SSSR count). The molecular weight excluding hydrogens is 160 g/mol. The third kappa shape index (κ3) is 2.09. The van der Waals surface area contributed by atoms with E-state index in [9.17, 15) is 0 Å². The number of phenols is 1. The fraction of sp³-hybridized carbons (Fsp3) is 0. The molecule has 2 aliphatic rings. The molecule has 0 amide bonds. The highest BCUT2D eigenvalue weighted by Crippen LogP contribution is 2.32. The van der Waals surface area contributed by atoms with Crippen LogP contribution in [0.2, 0.25) is 0 Å². The normalized spacial score (nSPS) is 9.85. The Morgan fingerprint density at radius 3 is 1.54 bits per heavy atom. The molecule has 0 aromatic heterocycles. The Labute approximate surface area is 77.3 Å². The fourth-order valence-corrected chi connectivity index (χ4v) is 1.10. The van der Waals surface area contributed by atoms with E-state index in [0.29, 0.717) is 5.75 Å². The summed E-state index contributed by atoms with van der Waals surface area (Å²) in [6.45, 7) is 0. The van der Waals surface area contributed by atoms with E-state index < -0.39 is 0 Å².